The van der Waals surface area contributed by atoms with Crippen LogP contribution in [0.1, 0.15) is 18.9 Å². The normalized spacial score (nSPS) is 15.6. The molecular weight excluding hydrogens is 448 g/mol. The average molecular weight is 473 g/mol. The third-order valence-electron chi connectivity index (χ3n) is 5.77. The van der Waals surface area contributed by atoms with Gasteiger partial charge in [0.2, 0.25) is 11.8 Å². The highest BCUT2D eigenvalue weighted by Crippen LogP contribution is 2.36. The quantitative estimate of drug-likeness (QED) is 0.391. The van der Waals surface area contributed by atoms with Gasteiger partial charge in [0.15, 0.2) is 5.13 Å². The fraction of sp³-hybridized carbons (Fsp3) is 0.231. The molecule has 1 atom stereocenters. The Morgan fingerprint density at radius 2 is 2.00 bits per heavy atom. The van der Waals surface area contributed by atoms with Crippen molar-refractivity contribution in [2.45, 2.75) is 19.9 Å². The van der Waals surface area contributed by atoms with E-state index in [-0.39, 0.29) is 18.2 Å². The molecule has 1 fully saturated rings. The van der Waals surface area contributed by atoms with Gasteiger partial charge >= 0.3 is 0 Å². The van der Waals surface area contributed by atoms with Gasteiger partial charge in [0.1, 0.15) is 11.3 Å². The van der Waals surface area contributed by atoms with Crippen LogP contribution in [0.25, 0.3) is 10.2 Å². The molecule has 8 heteroatoms. The van der Waals surface area contributed by atoms with Crippen LogP contribution in [0, 0.1) is 5.92 Å². The fourth-order valence-corrected chi connectivity index (χ4v) is 5.15. The summed E-state index contributed by atoms with van der Waals surface area (Å²) in [6.45, 7) is 3.14. The highest BCUT2D eigenvalue weighted by Gasteiger charge is 2.38. The Kier molecular flexibility index (Phi) is 6.22. The molecule has 0 N–H and O–H groups in total. The molecule has 0 bridgehead atoms. The van der Waals surface area contributed by atoms with Gasteiger partial charge in [-0.15, -0.1) is 0 Å². The van der Waals surface area contributed by atoms with Gasteiger partial charge in [-0.1, -0.05) is 41.7 Å². The van der Waals surface area contributed by atoms with Gasteiger partial charge in [-0.2, -0.15) is 0 Å². The molecule has 1 aliphatic rings. The summed E-state index contributed by atoms with van der Waals surface area (Å²) in [7, 11) is 0. The van der Waals surface area contributed by atoms with E-state index in [4.69, 9.17) is 9.72 Å². The summed E-state index contributed by atoms with van der Waals surface area (Å²) < 4.78 is 6.69. The first-order valence-corrected chi connectivity index (χ1v) is 12.0. The molecule has 0 saturated carbocycles. The Labute approximate surface area is 201 Å². The zero-order valence-corrected chi connectivity index (χ0v) is 19.6. The maximum absolute atomic E-state index is 13.8. The van der Waals surface area contributed by atoms with Crippen LogP contribution in [0.3, 0.4) is 0 Å². The molecule has 2 amide bonds. The number of para-hydroxylation sites is 2. The van der Waals surface area contributed by atoms with Crippen LogP contribution in [-0.4, -0.2) is 34.9 Å². The van der Waals surface area contributed by atoms with Gasteiger partial charge in [-0.25, -0.2) is 4.98 Å². The molecule has 2 aromatic heterocycles. The number of ether oxygens (including phenoxy) is 1. The number of benzene rings is 2. The number of hydrogen-bond acceptors (Lipinski definition) is 6. The van der Waals surface area contributed by atoms with Crippen LogP contribution in [0.15, 0.2) is 73.1 Å². The van der Waals surface area contributed by atoms with E-state index in [1.807, 2.05) is 67.6 Å². The molecule has 1 unspecified atom stereocenters. The van der Waals surface area contributed by atoms with Crippen LogP contribution < -0.4 is 14.5 Å². The number of aromatic nitrogens is 2. The number of pyridine rings is 1. The first-order chi connectivity index (χ1) is 16.6. The van der Waals surface area contributed by atoms with E-state index >= 15 is 0 Å². The number of fused-ring (bicyclic) bond motifs is 1. The Morgan fingerprint density at radius 1 is 1.15 bits per heavy atom. The topological polar surface area (TPSA) is 75.6 Å². The van der Waals surface area contributed by atoms with Gasteiger partial charge in [0, 0.05) is 31.0 Å². The lowest BCUT2D eigenvalue weighted by Crippen LogP contribution is -2.37. The number of amides is 2. The van der Waals surface area contributed by atoms with Crippen LogP contribution in [0.5, 0.6) is 5.75 Å². The Morgan fingerprint density at radius 3 is 2.76 bits per heavy atom. The summed E-state index contributed by atoms with van der Waals surface area (Å²) in [6.07, 6.45) is 3.62. The molecule has 1 aliphatic heterocycles. The van der Waals surface area contributed by atoms with Gasteiger partial charge in [0.05, 0.1) is 23.8 Å². The van der Waals surface area contributed by atoms with Crippen molar-refractivity contribution in [1.29, 1.82) is 0 Å². The largest absolute Gasteiger partial charge is 0.492 e. The number of anilines is 2. The number of rotatable bonds is 7. The lowest BCUT2D eigenvalue weighted by molar-refractivity contribution is -0.124. The first-order valence-electron chi connectivity index (χ1n) is 11.2. The van der Waals surface area contributed by atoms with E-state index in [1.54, 1.807) is 22.2 Å². The van der Waals surface area contributed by atoms with Crippen molar-refractivity contribution in [3.63, 3.8) is 0 Å². The highest BCUT2D eigenvalue weighted by atomic mass is 32.1. The third-order valence-corrected chi connectivity index (χ3v) is 6.82. The van der Waals surface area contributed by atoms with Crippen molar-refractivity contribution in [3.05, 3.63) is 78.6 Å². The second-order valence-electron chi connectivity index (χ2n) is 8.06. The molecule has 0 spiro atoms. The molecule has 172 valence electrons. The van der Waals surface area contributed by atoms with Crippen molar-refractivity contribution in [1.82, 2.24) is 9.97 Å². The van der Waals surface area contributed by atoms with Crippen LogP contribution in [0.4, 0.5) is 10.8 Å². The smallest absolute Gasteiger partial charge is 0.234 e. The Hall–Kier alpha value is -3.78. The van der Waals surface area contributed by atoms with Gasteiger partial charge in [-0.3, -0.25) is 19.5 Å². The van der Waals surface area contributed by atoms with Crippen molar-refractivity contribution in [2.24, 2.45) is 5.92 Å². The van der Waals surface area contributed by atoms with E-state index < -0.39 is 5.92 Å². The van der Waals surface area contributed by atoms with Crippen LogP contribution in [-0.2, 0) is 16.1 Å². The van der Waals surface area contributed by atoms with Gasteiger partial charge in [0.25, 0.3) is 0 Å². The average Bonchev–Trinajstić information content (AvgIpc) is 3.48. The molecule has 7 nitrogen and oxygen atoms in total. The maximum Gasteiger partial charge on any atom is 0.234 e. The molecule has 0 aliphatic carbocycles. The zero-order valence-electron chi connectivity index (χ0n) is 18.8. The number of thiazole rings is 1. The number of carbonyl (C=O) groups excluding carboxylic acids is 2. The zero-order chi connectivity index (χ0) is 23.5. The fourth-order valence-electron chi connectivity index (χ4n) is 4.16. The predicted octanol–water partition coefficient (Wildman–Crippen LogP) is 4.68. The standard InChI is InChI=1S/C26H24N4O3S/c1-2-33-21-11-6-12-22-24(21)28-26(34-22)30(16-18-8-7-13-27-15-18)25(32)19-14-23(31)29(17-19)20-9-4-3-5-10-20/h3-13,15,19H,2,14,16-17H2,1H3. The molecule has 34 heavy (non-hydrogen) atoms. The third kappa shape index (κ3) is 4.36. The van der Waals surface area contributed by atoms with E-state index in [2.05, 4.69) is 4.98 Å². The Bertz CT molecular complexity index is 1310. The number of nitrogens with zero attached hydrogens (tertiary/aromatic N) is 4. The van der Waals surface area contributed by atoms with E-state index in [0.717, 1.165) is 21.5 Å². The molecule has 3 heterocycles. The molecular formula is C26H24N4O3S. The first kappa shape index (κ1) is 22.0. The molecule has 1 saturated heterocycles. The molecule has 4 aromatic rings. The van der Waals surface area contributed by atoms with Gasteiger partial charge in [-0.05, 0) is 42.8 Å². The summed E-state index contributed by atoms with van der Waals surface area (Å²) >= 11 is 1.44. The number of hydrogen-bond donors (Lipinski definition) is 0. The minimum absolute atomic E-state index is 0.0474. The summed E-state index contributed by atoms with van der Waals surface area (Å²) in [5.74, 6) is 0.0757. The van der Waals surface area contributed by atoms with Gasteiger partial charge < -0.3 is 9.64 Å². The minimum Gasteiger partial charge on any atom is -0.492 e. The molecule has 0 radical (unpaired) electrons. The second-order valence-corrected chi connectivity index (χ2v) is 9.07. The predicted molar refractivity (Wildman–Crippen MR) is 133 cm³/mol. The van der Waals surface area contributed by atoms with Crippen LogP contribution >= 0.6 is 11.3 Å². The lowest BCUT2D eigenvalue weighted by Gasteiger charge is -2.23. The minimum atomic E-state index is -0.456. The Balaban J connectivity index is 1.48. The highest BCUT2D eigenvalue weighted by molar-refractivity contribution is 7.22. The van der Waals surface area contributed by atoms with E-state index in [1.165, 1.54) is 11.3 Å². The van der Waals surface area contributed by atoms with E-state index in [9.17, 15) is 9.59 Å². The second kappa shape index (κ2) is 9.61. The van der Waals surface area contributed by atoms with Crippen LogP contribution in [0.2, 0.25) is 0 Å². The molecule has 2 aromatic carbocycles. The van der Waals surface area contributed by atoms with Crippen molar-refractivity contribution < 1.29 is 14.3 Å². The van der Waals surface area contributed by atoms with Crippen molar-refractivity contribution >= 4 is 44.2 Å². The summed E-state index contributed by atoms with van der Waals surface area (Å²) in [5.41, 5.74) is 2.44. The van der Waals surface area contributed by atoms with Crippen molar-refractivity contribution in [3.8, 4) is 5.75 Å². The lowest BCUT2D eigenvalue weighted by atomic mass is 10.1. The monoisotopic (exact) mass is 472 g/mol. The SMILES string of the molecule is CCOc1cccc2sc(N(Cc3cccnc3)C(=O)C3CC(=O)N(c4ccccc4)C3)nc12. The summed E-state index contributed by atoms with van der Waals surface area (Å²) in [5, 5.41) is 0.585. The molecule has 5 rings (SSSR count). The van der Waals surface area contributed by atoms with E-state index in [0.29, 0.717) is 30.6 Å². The summed E-state index contributed by atoms with van der Waals surface area (Å²) in [4.78, 5) is 39.0. The number of carbonyl (C=O) groups is 2. The van der Waals surface area contributed by atoms with Crippen molar-refractivity contribution in [2.75, 3.05) is 23.0 Å². The maximum atomic E-state index is 13.8. The summed E-state index contributed by atoms with van der Waals surface area (Å²) in [6, 6.07) is 19.0.